The van der Waals surface area contributed by atoms with Crippen LogP contribution in [-0.4, -0.2) is 92.3 Å². The zero-order valence-corrected chi connectivity index (χ0v) is 20.7. The fraction of sp³-hybridized carbons (Fsp3) is 0.462. The molecule has 37 heavy (non-hydrogen) atoms. The van der Waals surface area contributed by atoms with Gasteiger partial charge in [0.2, 0.25) is 0 Å². The molecule has 11 heteroatoms. The number of anilines is 1. The molecule has 1 N–H and O–H groups in total. The smallest absolute Gasteiger partial charge is 0.416 e. The van der Waals surface area contributed by atoms with Crippen molar-refractivity contribution in [3.8, 4) is 5.75 Å². The van der Waals surface area contributed by atoms with Gasteiger partial charge < -0.3 is 24.6 Å². The highest BCUT2D eigenvalue weighted by atomic mass is 19.4. The van der Waals surface area contributed by atoms with Crippen LogP contribution in [0.1, 0.15) is 22.3 Å². The van der Waals surface area contributed by atoms with E-state index < -0.39 is 11.7 Å². The van der Waals surface area contributed by atoms with Gasteiger partial charge in [-0.25, -0.2) is 4.79 Å². The average molecular weight is 521 g/mol. The summed E-state index contributed by atoms with van der Waals surface area (Å²) in [5.74, 6) is 0.384. The Hall–Kier alpha value is -3.31. The fourth-order valence-corrected chi connectivity index (χ4v) is 4.55. The van der Waals surface area contributed by atoms with Gasteiger partial charge in [-0.1, -0.05) is 6.07 Å². The Bertz CT molecular complexity index is 1080. The van der Waals surface area contributed by atoms with E-state index in [0.717, 1.165) is 25.1 Å². The van der Waals surface area contributed by atoms with Gasteiger partial charge in [0.1, 0.15) is 5.75 Å². The molecule has 200 valence electrons. The van der Waals surface area contributed by atoms with E-state index in [9.17, 15) is 22.8 Å². The molecular formula is C26H31F3N4O4. The molecule has 2 heterocycles. The highest BCUT2D eigenvalue weighted by Gasteiger charge is 2.31. The summed E-state index contributed by atoms with van der Waals surface area (Å²) in [7, 11) is 1.57. The maximum atomic E-state index is 12.9. The Kier molecular flexibility index (Phi) is 8.55. The molecule has 2 aromatic rings. The van der Waals surface area contributed by atoms with E-state index in [0.29, 0.717) is 57.3 Å². The maximum absolute atomic E-state index is 12.9. The number of carbonyl (C=O) groups excluding carboxylic acids is 2. The topological polar surface area (TPSA) is 74.3 Å². The number of nitrogens with one attached hydrogen (secondary N) is 1. The number of methoxy groups -OCH3 is 1. The lowest BCUT2D eigenvalue weighted by Crippen LogP contribution is -2.51. The normalized spacial score (nSPS) is 19.3. The molecule has 0 unspecified atom stereocenters. The van der Waals surface area contributed by atoms with Crippen molar-refractivity contribution in [3.05, 3.63) is 59.7 Å². The van der Waals surface area contributed by atoms with Gasteiger partial charge in [-0.3, -0.25) is 9.69 Å². The minimum atomic E-state index is -4.43. The third kappa shape index (κ3) is 7.14. The minimum Gasteiger partial charge on any atom is -0.497 e. The van der Waals surface area contributed by atoms with Gasteiger partial charge in [-0.15, -0.1) is 0 Å². The highest BCUT2D eigenvalue weighted by molar-refractivity contribution is 5.94. The Morgan fingerprint density at radius 1 is 1.03 bits per heavy atom. The summed E-state index contributed by atoms with van der Waals surface area (Å²) in [5, 5.41) is 2.90. The number of rotatable bonds is 5. The molecule has 1 atom stereocenters. The Morgan fingerprint density at radius 2 is 1.81 bits per heavy atom. The largest absolute Gasteiger partial charge is 0.497 e. The van der Waals surface area contributed by atoms with Gasteiger partial charge in [-0.05, 0) is 49.4 Å². The molecule has 2 saturated heterocycles. The summed E-state index contributed by atoms with van der Waals surface area (Å²) >= 11 is 0. The number of hydrogen-bond acceptors (Lipinski definition) is 5. The molecule has 3 amide bonds. The maximum Gasteiger partial charge on any atom is 0.416 e. The van der Waals surface area contributed by atoms with E-state index in [2.05, 4.69) is 10.2 Å². The molecule has 2 fully saturated rings. The van der Waals surface area contributed by atoms with E-state index in [1.165, 1.54) is 12.1 Å². The third-order valence-corrected chi connectivity index (χ3v) is 6.54. The van der Waals surface area contributed by atoms with E-state index in [1.54, 1.807) is 35.1 Å². The highest BCUT2D eigenvalue weighted by Crippen LogP contribution is 2.29. The van der Waals surface area contributed by atoms with Gasteiger partial charge in [0.05, 0.1) is 25.4 Å². The van der Waals surface area contributed by atoms with Crippen LogP contribution in [0.4, 0.5) is 23.7 Å². The fourth-order valence-electron chi connectivity index (χ4n) is 4.55. The second-order valence-corrected chi connectivity index (χ2v) is 9.12. The van der Waals surface area contributed by atoms with Crippen LogP contribution in [-0.2, 0) is 10.9 Å². The lowest BCUT2D eigenvalue weighted by Gasteiger charge is -2.35. The summed E-state index contributed by atoms with van der Waals surface area (Å²) in [5.41, 5.74) is 0.122. The van der Waals surface area contributed by atoms with E-state index >= 15 is 0 Å². The number of urea groups is 1. The van der Waals surface area contributed by atoms with Crippen molar-refractivity contribution in [1.29, 1.82) is 0 Å². The second-order valence-electron chi connectivity index (χ2n) is 9.12. The van der Waals surface area contributed by atoms with Crippen molar-refractivity contribution < 1.29 is 32.2 Å². The third-order valence-electron chi connectivity index (χ3n) is 6.54. The molecule has 0 spiro atoms. The van der Waals surface area contributed by atoms with Gasteiger partial charge in [0.15, 0.2) is 0 Å². The predicted molar refractivity (Wildman–Crippen MR) is 132 cm³/mol. The van der Waals surface area contributed by atoms with Gasteiger partial charge in [-0.2, -0.15) is 13.2 Å². The molecule has 0 bridgehead atoms. The van der Waals surface area contributed by atoms with E-state index in [-0.39, 0.29) is 23.6 Å². The molecule has 4 rings (SSSR count). The first kappa shape index (κ1) is 26.7. The number of ether oxygens (including phenoxy) is 2. The van der Waals surface area contributed by atoms with Gasteiger partial charge in [0, 0.05) is 56.6 Å². The average Bonchev–Trinajstić information content (AvgIpc) is 3.13. The summed E-state index contributed by atoms with van der Waals surface area (Å²) in [6.45, 7) is 4.34. The van der Waals surface area contributed by atoms with Crippen molar-refractivity contribution in [3.63, 3.8) is 0 Å². The number of carbonyl (C=O) groups is 2. The summed E-state index contributed by atoms with van der Waals surface area (Å²) in [6, 6.07) is 11.3. The standard InChI is InChI=1S/C26H31F3N4O4/c1-36-22-5-2-4-21(16-22)30-25(35)33-14-15-37-23(18-33)17-31-10-3-11-32(13-12-31)24(34)19-6-8-20(9-7-19)26(27,28)29/h2,4-9,16,23H,3,10-15,17-18H2,1H3,(H,30,35)/t23-/m1/s1. The second kappa shape index (κ2) is 11.8. The number of amides is 3. The van der Waals surface area contributed by atoms with Crippen LogP contribution in [0.5, 0.6) is 5.75 Å². The van der Waals surface area contributed by atoms with Crippen LogP contribution in [0.15, 0.2) is 48.5 Å². The number of hydrogen-bond donors (Lipinski definition) is 1. The van der Waals surface area contributed by atoms with Gasteiger partial charge >= 0.3 is 12.2 Å². The van der Waals surface area contributed by atoms with E-state index in [1.807, 2.05) is 6.07 Å². The summed E-state index contributed by atoms with van der Waals surface area (Å²) in [4.78, 5) is 31.3. The molecule has 0 saturated carbocycles. The van der Waals surface area contributed by atoms with Crippen LogP contribution in [0, 0.1) is 0 Å². The van der Waals surface area contributed by atoms with Gasteiger partial charge in [0.25, 0.3) is 5.91 Å². The Labute approximate surface area is 213 Å². The molecule has 0 aromatic heterocycles. The van der Waals surface area contributed by atoms with Crippen LogP contribution in [0.25, 0.3) is 0 Å². The first-order valence-corrected chi connectivity index (χ1v) is 12.2. The van der Waals surface area contributed by atoms with Crippen molar-refractivity contribution in [2.45, 2.75) is 18.7 Å². The molecule has 8 nitrogen and oxygen atoms in total. The molecule has 2 aliphatic rings. The lowest BCUT2D eigenvalue weighted by atomic mass is 10.1. The zero-order valence-electron chi connectivity index (χ0n) is 20.7. The molecular weight excluding hydrogens is 489 g/mol. The quantitative estimate of drug-likeness (QED) is 0.650. The predicted octanol–water partition coefficient (Wildman–Crippen LogP) is 3.79. The summed E-state index contributed by atoms with van der Waals surface area (Å²) < 4.78 is 49.6. The lowest BCUT2D eigenvalue weighted by molar-refractivity contribution is -0.137. The van der Waals surface area contributed by atoms with Crippen LogP contribution in [0.3, 0.4) is 0 Å². The first-order chi connectivity index (χ1) is 17.7. The number of nitrogens with zero attached hydrogens (tertiary/aromatic N) is 3. The van der Waals surface area contributed by atoms with Crippen molar-refractivity contribution in [1.82, 2.24) is 14.7 Å². The molecule has 0 radical (unpaired) electrons. The van der Waals surface area contributed by atoms with Crippen molar-refractivity contribution in [2.75, 3.05) is 64.8 Å². The minimum absolute atomic E-state index is 0.165. The van der Waals surface area contributed by atoms with E-state index in [4.69, 9.17) is 9.47 Å². The number of halogens is 3. The SMILES string of the molecule is COc1cccc(NC(=O)N2CCO[C@H](CN3CCCN(C(=O)c4ccc(C(F)(F)F)cc4)CC3)C2)c1. The Balaban J connectivity index is 1.27. The Morgan fingerprint density at radius 3 is 2.54 bits per heavy atom. The number of alkyl halides is 3. The molecule has 2 aromatic carbocycles. The molecule has 2 aliphatic heterocycles. The molecule has 0 aliphatic carbocycles. The van der Waals surface area contributed by atoms with Crippen LogP contribution in [0.2, 0.25) is 0 Å². The van der Waals surface area contributed by atoms with Crippen LogP contribution >= 0.6 is 0 Å². The number of morpholine rings is 1. The van der Waals surface area contributed by atoms with Crippen molar-refractivity contribution >= 4 is 17.6 Å². The van der Waals surface area contributed by atoms with Crippen LogP contribution < -0.4 is 10.1 Å². The van der Waals surface area contributed by atoms with Crippen molar-refractivity contribution in [2.24, 2.45) is 0 Å². The monoisotopic (exact) mass is 520 g/mol. The summed E-state index contributed by atoms with van der Waals surface area (Å²) in [6.07, 6.45) is -3.86. The zero-order chi connectivity index (χ0) is 26.4. The number of benzene rings is 2. The first-order valence-electron chi connectivity index (χ1n) is 12.2.